The molecule has 156 valence electrons. The molecule has 4 rings (SSSR count). The van der Waals surface area contributed by atoms with Crippen LogP contribution in [-0.2, 0) is 17.5 Å². The number of tetrazole rings is 1. The number of nitrogens with zero attached hydrogens (tertiary/aromatic N) is 5. The number of alkyl halides is 3. The maximum atomic E-state index is 12.8. The summed E-state index contributed by atoms with van der Waals surface area (Å²) in [6.07, 6.45) is -2.37. The standard InChI is InChI=1S/C20H19F3N6O/c21-20(22,23)14-7-9-15(10-8-14)24-17-6-2-1-5-16(17)19-25-27-29(26-19)13-18(30)28-11-3-4-12-28/h1-2,5-10,24H,3-4,11-13H2. The van der Waals surface area contributed by atoms with E-state index in [1.807, 2.05) is 0 Å². The maximum absolute atomic E-state index is 12.8. The van der Waals surface area contributed by atoms with Crippen molar-refractivity contribution in [3.63, 3.8) is 0 Å². The molecule has 2 aromatic carbocycles. The van der Waals surface area contributed by atoms with Crippen LogP contribution in [0.1, 0.15) is 18.4 Å². The third-order valence-corrected chi connectivity index (χ3v) is 4.85. The molecule has 1 N–H and O–H groups in total. The molecule has 0 bridgehead atoms. The predicted octanol–water partition coefficient (Wildman–Crippen LogP) is 3.72. The highest BCUT2D eigenvalue weighted by Crippen LogP contribution is 2.32. The van der Waals surface area contributed by atoms with Crippen LogP contribution in [-0.4, -0.2) is 44.1 Å². The molecule has 30 heavy (non-hydrogen) atoms. The van der Waals surface area contributed by atoms with Gasteiger partial charge in [0.2, 0.25) is 11.7 Å². The number of halogens is 3. The van der Waals surface area contributed by atoms with Crippen LogP contribution in [0.15, 0.2) is 48.5 Å². The number of carbonyl (C=O) groups excluding carboxylic acids is 1. The van der Waals surface area contributed by atoms with E-state index >= 15 is 0 Å². The highest BCUT2D eigenvalue weighted by atomic mass is 19.4. The molecular formula is C20H19F3N6O. The van der Waals surface area contributed by atoms with Crippen molar-refractivity contribution in [1.29, 1.82) is 0 Å². The molecule has 2 heterocycles. The maximum Gasteiger partial charge on any atom is 0.416 e. The van der Waals surface area contributed by atoms with Gasteiger partial charge in [0, 0.05) is 30.0 Å². The van der Waals surface area contributed by atoms with Crippen molar-refractivity contribution in [3.8, 4) is 11.4 Å². The van der Waals surface area contributed by atoms with Gasteiger partial charge in [-0.3, -0.25) is 4.79 Å². The number of benzene rings is 2. The Morgan fingerprint density at radius 1 is 1.03 bits per heavy atom. The molecule has 0 saturated carbocycles. The quantitative estimate of drug-likeness (QED) is 0.686. The lowest BCUT2D eigenvalue weighted by molar-refractivity contribution is -0.137. The van der Waals surface area contributed by atoms with E-state index in [9.17, 15) is 18.0 Å². The molecule has 1 aromatic heterocycles. The first kappa shape index (κ1) is 19.9. The average Bonchev–Trinajstić information content (AvgIpc) is 3.40. The predicted molar refractivity (Wildman–Crippen MR) is 104 cm³/mol. The summed E-state index contributed by atoms with van der Waals surface area (Å²) in [7, 11) is 0. The van der Waals surface area contributed by atoms with E-state index in [4.69, 9.17) is 0 Å². The molecule has 0 aliphatic carbocycles. The second-order valence-corrected chi connectivity index (χ2v) is 6.98. The highest BCUT2D eigenvalue weighted by molar-refractivity contribution is 5.78. The third-order valence-electron chi connectivity index (χ3n) is 4.85. The van der Waals surface area contributed by atoms with E-state index in [1.54, 1.807) is 29.2 Å². The fourth-order valence-corrected chi connectivity index (χ4v) is 3.29. The topological polar surface area (TPSA) is 75.9 Å². The van der Waals surface area contributed by atoms with Crippen LogP contribution in [0.25, 0.3) is 11.4 Å². The van der Waals surface area contributed by atoms with Gasteiger partial charge in [-0.05, 0) is 54.5 Å². The van der Waals surface area contributed by atoms with E-state index in [0.29, 0.717) is 22.8 Å². The molecule has 0 unspecified atom stereocenters. The summed E-state index contributed by atoms with van der Waals surface area (Å²) in [5.74, 6) is 0.270. The van der Waals surface area contributed by atoms with Crippen molar-refractivity contribution in [2.45, 2.75) is 25.6 Å². The summed E-state index contributed by atoms with van der Waals surface area (Å²) in [4.78, 5) is 15.3. The first-order valence-electron chi connectivity index (χ1n) is 9.49. The number of carbonyl (C=O) groups is 1. The van der Waals surface area contributed by atoms with E-state index in [0.717, 1.165) is 38.1 Å². The van der Waals surface area contributed by atoms with Gasteiger partial charge in [0.1, 0.15) is 6.54 Å². The molecule has 1 fully saturated rings. The van der Waals surface area contributed by atoms with Gasteiger partial charge in [0.25, 0.3) is 0 Å². The minimum Gasteiger partial charge on any atom is -0.355 e. The zero-order chi connectivity index (χ0) is 21.1. The molecule has 0 radical (unpaired) electrons. The van der Waals surface area contributed by atoms with Crippen molar-refractivity contribution < 1.29 is 18.0 Å². The van der Waals surface area contributed by atoms with Gasteiger partial charge >= 0.3 is 6.18 Å². The smallest absolute Gasteiger partial charge is 0.355 e. The molecule has 1 aliphatic rings. The summed E-state index contributed by atoms with van der Waals surface area (Å²) in [6.45, 7) is 1.52. The first-order valence-corrected chi connectivity index (χ1v) is 9.49. The Labute approximate surface area is 170 Å². The Balaban J connectivity index is 1.51. The Hall–Kier alpha value is -3.43. The van der Waals surface area contributed by atoms with Crippen LogP contribution >= 0.6 is 0 Å². The second-order valence-electron chi connectivity index (χ2n) is 6.98. The fourth-order valence-electron chi connectivity index (χ4n) is 3.29. The lowest BCUT2D eigenvalue weighted by Gasteiger charge is -2.13. The van der Waals surface area contributed by atoms with Gasteiger partial charge in [-0.15, -0.1) is 10.2 Å². The highest BCUT2D eigenvalue weighted by Gasteiger charge is 2.30. The number of para-hydroxylation sites is 1. The van der Waals surface area contributed by atoms with Crippen LogP contribution in [0.2, 0.25) is 0 Å². The molecule has 1 saturated heterocycles. The van der Waals surface area contributed by atoms with Crippen molar-refractivity contribution in [3.05, 3.63) is 54.1 Å². The van der Waals surface area contributed by atoms with Crippen LogP contribution in [0.4, 0.5) is 24.5 Å². The van der Waals surface area contributed by atoms with Gasteiger partial charge in [0.15, 0.2) is 0 Å². The molecule has 3 aromatic rings. The average molecular weight is 416 g/mol. The number of hydrogen-bond donors (Lipinski definition) is 1. The normalized spacial score (nSPS) is 14.2. The monoisotopic (exact) mass is 416 g/mol. The molecule has 0 spiro atoms. The van der Waals surface area contributed by atoms with Gasteiger partial charge in [-0.1, -0.05) is 12.1 Å². The number of likely N-dealkylation sites (tertiary alicyclic amines) is 1. The van der Waals surface area contributed by atoms with Crippen molar-refractivity contribution in [1.82, 2.24) is 25.1 Å². The molecular weight excluding hydrogens is 397 g/mol. The molecule has 0 atom stereocenters. The third kappa shape index (κ3) is 4.42. The summed E-state index contributed by atoms with van der Waals surface area (Å²) >= 11 is 0. The molecule has 10 heteroatoms. The van der Waals surface area contributed by atoms with E-state index in [1.165, 1.54) is 16.9 Å². The summed E-state index contributed by atoms with van der Waals surface area (Å²) in [5.41, 5.74) is 1.01. The first-order chi connectivity index (χ1) is 14.4. The zero-order valence-corrected chi connectivity index (χ0v) is 15.9. The summed E-state index contributed by atoms with van der Waals surface area (Å²) in [6, 6.07) is 11.9. The summed E-state index contributed by atoms with van der Waals surface area (Å²) in [5, 5.41) is 15.4. The lowest BCUT2D eigenvalue weighted by atomic mass is 10.1. The van der Waals surface area contributed by atoms with Crippen LogP contribution in [0.3, 0.4) is 0 Å². The Morgan fingerprint density at radius 2 is 1.73 bits per heavy atom. The minimum atomic E-state index is -4.38. The summed E-state index contributed by atoms with van der Waals surface area (Å²) < 4.78 is 38.3. The van der Waals surface area contributed by atoms with Gasteiger partial charge in [-0.2, -0.15) is 18.0 Å². The number of aromatic nitrogens is 4. The van der Waals surface area contributed by atoms with Crippen LogP contribution in [0.5, 0.6) is 0 Å². The second kappa shape index (κ2) is 8.13. The molecule has 1 aliphatic heterocycles. The number of anilines is 2. The largest absolute Gasteiger partial charge is 0.416 e. The minimum absolute atomic E-state index is 0.0154. The van der Waals surface area contributed by atoms with Crippen LogP contribution in [0, 0.1) is 0 Å². The number of rotatable bonds is 5. The Morgan fingerprint density at radius 3 is 2.43 bits per heavy atom. The molecule has 1 amide bonds. The van der Waals surface area contributed by atoms with Gasteiger partial charge < -0.3 is 10.2 Å². The zero-order valence-electron chi connectivity index (χ0n) is 15.9. The van der Waals surface area contributed by atoms with Crippen molar-refractivity contribution in [2.24, 2.45) is 0 Å². The van der Waals surface area contributed by atoms with Crippen molar-refractivity contribution >= 4 is 17.3 Å². The van der Waals surface area contributed by atoms with Gasteiger partial charge in [0.05, 0.1) is 5.56 Å². The van der Waals surface area contributed by atoms with E-state index < -0.39 is 11.7 Å². The van der Waals surface area contributed by atoms with Gasteiger partial charge in [-0.25, -0.2) is 0 Å². The van der Waals surface area contributed by atoms with Crippen molar-refractivity contribution in [2.75, 3.05) is 18.4 Å². The van der Waals surface area contributed by atoms with E-state index in [2.05, 4.69) is 20.7 Å². The molecule has 7 nitrogen and oxygen atoms in total. The fraction of sp³-hybridized carbons (Fsp3) is 0.300. The van der Waals surface area contributed by atoms with Crippen LogP contribution < -0.4 is 5.32 Å². The SMILES string of the molecule is O=C(Cn1nnc(-c2ccccc2Nc2ccc(C(F)(F)F)cc2)n1)N1CCCC1. The number of amides is 1. The number of hydrogen-bond acceptors (Lipinski definition) is 5. The van der Waals surface area contributed by atoms with E-state index in [-0.39, 0.29) is 12.5 Å². The number of nitrogens with one attached hydrogen (secondary N) is 1. The lowest BCUT2D eigenvalue weighted by Crippen LogP contribution is -2.31. The Kier molecular flexibility index (Phi) is 5.39. The Bertz CT molecular complexity index is 1030.